The second-order valence-corrected chi connectivity index (χ2v) is 9.83. The van der Waals surface area contributed by atoms with Gasteiger partial charge in [0.1, 0.15) is 24.1 Å². The molecule has 9 nitrogen and oxygen atoms in total. The number of methoxy groups -OCH3 is 1. The molecule has 3 heterocycles. The van der Waals surface area contributed by atoms with Crippen LogP contribution >= 0.6 is 11.6 Å². The van der Waals surface area contributed by atoms with Crippen LogP contribution < -0.4 is 15.4 Å². The van der Waals surface area contributed by atoms with Gasteiger partial charge >= 0.3 is 0 Å². The molecule has 4 N–H and O–H groups in total. The summed E-state index contributed by atoms with van der Waals surface area (Å²) in [7, 11) is 1.59. The zero-order valence-corrected chi connectivity index (χ0v) is 21.1. The van der Waals surface area contributed by atoms with Gasteiger partial charge in [-0.25, -0.2) is 0 Å². The van der Waals surface area contributed by atoms with Crippen LogP contribution in [0.25, 0.3) is 10.9 Å². The number of aliphatic hydroxyl groups excluding tert-OH is 1. The first-order valence-electron chi connectivity index (χ1n) is 12.3. The fourth-order valence-electron chi connectivity index (χ4n) is 5.39. The number of aromatic nitrogens is 1. The number of aliphatic hydroxyl groups is 1. The van der Waals surface area contributed by atoms with Crippen molar-refractivity contribution in [3.05, 3.63) is 64.3 Å². The number of carbonyl (C=O) groups excluding carboxylic acids is 2. The number of aromatic amines is 1. The number of carbonyl (C=O) groups is 2. The lowest BCUT2D eigenvalue weighted by Crippen LogP contribution is -2.48. The van der Waals surface area contributed by atoms with Gasteiger partial charge in [-0.3, -0.25) is 14.5 Å². The van der Waals surface area contributed by atoms with Crippen LogP contribution in [0.5, 0.6) is 5.75 Å². The summed E-state index contributed by atoms with van der Waals surface area (Å²) in [5.41, 5.74) is 2.84. The molecule has 0 aliphatic carbocycles. The Labute approximate surface area is 219 Å². The number of ether oxygens (including phenoxy) is 1. The van der Waals surface area contributed by atoms with Crippen molar-refractivity contribution in [3.8, 4) is 11.8 Å². The van der Waals surface area contributed by atoms with Gasteiger partial charge in [0.2, 0.25) is 11.8 Å². The Morgan fingerprint density at radius 1 is 1.35 bits per heavy atom. The lowest BCUT2D eigenvalue weighted by atomic mass is 9.90. The van der Waals surface area contributed by atoms with Crippen molar-refractivity contribution in [1.29, 1.82) is 5.26 Å². The number of nitriles is 1. The molecule has 2 amide bonds. The minimum absolute atomic E-state index is 0.101. The van der Waals surface area contributed by atoms with E-state index in [1.165, 1.54) is 0 Å². The van der Waals surface area contributed by atoms with Crippen LogP contribution in [0, 0.1) is 17.2 Å². The minimum Gasteiger partial charge on any atom is -0.496 e. The van der Waals surface area contributed by atoms with Crippen molar-refractivity contribution in [2.24, 2.45) is 5.92 Å². The SMILES string of the molecule is COc1cccc2[nH]c(C(O)N3CCc4c(Cl)cccc4[C@H]3C(=O)N[C@H](C#N)C[C@@H]3CCNC3=O)cc12. The molecule has 0 bridgehead atoms. The Morgan fingerprint density at radius 3 is 2.89 bits per heavy atom. The van der Waals surface area contributed by atoms with Crippen molar-refractivity contribution in [2.75, 3.05) is 20.2 Å². The normalized spacial score (nSPS) is 21.1. The third kappa shape index (κ3) is 4.76. The molecule has 2 aliphatic rings. The molecule has 1 unspecified atom stereocenters. The highest BCUT2D eigenvalue weighted by atomic mass is 35.5. The Morgan fingerprint density at radius 2 is 2.16 bits per heavy atom. The van der Waals surface area contributed by atoms with Crippen molar-refractivity contribution < 1.29 is 19.4 Å². The molecule has 4 atom stereocenters. The first-order valence-corrected chi connectivity index (χ1v) is 12.6. The summed E-state index contributed by atoms with van der Waals surface area (Å²) in [5, 5.41) is 28.2. The van der Waals surface area contributed by atoms with Crippen LogP contribution in [0.2, 0.25) is 5.02 Å². The molecule has 37 heavy (non-hydrogen) atoms. The van der Waals surface area contributed by atoms with Crippen LogP contribution in [0.3, 0.4) is 0 Å². The number of benzene rings is 2. The topological polar surface area (TPSA) is 130 Å². The van der Waals surface area contributed by atoms with E-state index >= 15 is 0 Å². The van der Waals surface area contributed by atoms with Crippen LogP contribution in [-0.2, 0) is 16.0 Å². The summed E-state index contributed by atoms with van der Waals surface area (Å²) < 4.78 is 5.45. The summed E-state index contributed by atoms with van der Waals surface area (Å²) >= 11 is 6.48. The van der Waals surface area contributed by atoms with Crippen LogP contribution in [0.4, 0.5) is 0 Å². The smallest absolute Gasteiger partial charge is 0.243 e. The maximum atomic E-state index is 13.7. The molecular weight excluding hydrogens is 494 g/mol. The summed E-state index contributed by atoms with van der Waals surface area (Å²) in [6.45, 7) is 0.935. The molecule has 0 spiro atoms. The van der Waals surface area contributed by atoms with E-state index in [4.69, 9.17) is 16.3 Å². The number of hydrogen-bond acceptors (Lipinski definition) is 6. The predicted molar refractivity (Wildman–Crippen MR) is 138 cm³/mol. The number of nitrogens with zero attached hydrogens (tertiary/aromatic N) is 2. The number of amides is 2. The Kier molecular flexibility index (Phi) is 7.07. The molecule has 0 saturated carbocycles. The highest BCUT2D eigenvalue weighted by molar-refractivity contribution is 6.31. The van der Waals surface area contributed by atoms with E-state index in [1.807, 2.05) is 30.3 Å². The van der Waals surface area contributed by atoms with Gasteiger partial charge in [0.25, 0.3) is 0 Å². The number of fused-ring (bicyclic) bond motifs is 2. The largest absolute Gasteiger partial charge is 0.496 e. The average Bonchev–Trinajstić information content (AvgIpc) is 3.53. The summed E-state index contributed by atoms with van der Waals surface area (Å²) in [6.07, 6.45) is 0.265. The highest BCUT2D eigenvalue weighted by Crippen LogP contribution is 2.39. The second-order valence-electron chi connectivity index (χ2n) is 9.42. The van der Waals surface area contributed by atoms with Crippen molar-refractivity contribution in [2.45, 2.75) is 37.6 Å². The maximum absolute atomic E-state index is 13.7. The lowest BCUT2D eigenvalue weighted by molar-refractivity contribution is -0.134. The molecule has 2 aliphatic heterocycles. The first-order chi connectivity index (χ1) is 17.9. The molecular formula is C27H28ClN5O4. The number of H-pyrrole nitrogens is 1. The summed E-state index contributed by atoms with van der Waals surface area (Å²) in [6, 6.07) is 13.2. The zero-order valence-electron chi connectivity index (χ0n) is 20.3. The van der Waals surface area contributed by atoms with E-state index in [-0.39, 0.29) is 18.2 Å². The van der Waals surface area contributed by atoms with E-state index < -0.39 is 24.2 Å². The van der Waals surface area contributed by atoms with Crippen LogP contribution in [0.1, 0.15) is 41.9 Å². The third-order valence-electron chi connectivity index (χ3n) is 7.26. The van der Waals surface area contributed by atoms with E-state index in [0.717, 1.165) is 16.5 Å². The van der Waals surface area contributed by atoms with Gasteiger partial charge in [-0.2, -0.15) is 5.26 Å². The molecule has 2 aromatic carbocycles. The van der Waals surface area contributed by atoms with E-state index in [1.54, 1.807) is 24.1 Å². The molecule has 1 fully saturated rings. The van der Waals surface area contributed by atoms with Gasteiger partial charge in [0, 0.05) is 34.9 Å². The van der Waals surface area contributed by atoms with Gasteiger partial charge < -0.3 is 25.5 Å². The minimum atomic E-state index is -1.14. The third-order valence-corrected chi connectivity index (χ3v) is 7.62. The molecule has 3 aromatic rings. The van der Waals surface area contributed by atoms with Gasteiger partial charge in [0.05, 0.1) is 18.9 Å². The van der Waals surface area contributed by atoms with Crippen molar-refractivity contribution in [3.63, 3.8) is 0 Å². The van der Waals surface area contributed by atoms with Crippen molar-refractivity contribution in [1.82, 2.24) is 20.5 Å². The van der Waals surface area contributed by atoms with Crippen molar-refractivity contribution >= 4 is 34.3 Å². The van der Waals surface area contributed by atoms with E-state index in [0.29, 0.717) is 48.0 Å². The van der Waals surface area contributed by atoms with Gasteiger partial charge in [-0.1, -0.05) is 29.8 Å². The summed E-state index contributed by atoms with van der Waals surface area (Å²) in [4.78, 5) is 30.7. The van der Waals surface area contributed by atoms with Gasteiger partial charge in [-0.15, -0.1) is 0 Å². The fourth-order valence-corrected chi connectivity index (χ4v) is 5.67. The number of hydrogen-bond donors (Lipinski definition) is 4. The highest BCUT2D eigenvalue weighted by Gasteiger charge is 2.39. The number of nitrogens with one attached hydrogen (secondary N) is 3. The second kappa shape index (κ2) is 10.4. The molecule has 10 heteroatoms. The molecule has 0 radical (unpaired) electrons. The van der Waals surface area contributed by atoms with E-state index in [9.17, 15) is 20.0 Å². The van der Waals surface area contributed by atoms with E-state index in [2.05, 4.69) is 21.7 Å². The Balaban J connectivity index is 1.46. The predicted octanol–water partition coefficient (Wildman–Crippen LogP) is 2.95. The number of rotatable bonds is 7. The lowest BCUT2D eigenvalue weighted by Gasteiger charge is -2.39. The Bertz CT molecular complexity index is 1380. The first kappa shape index (κ1) is 25.1. The summed E-state index contributed by atoms with van der Waals surface area (Å²) in [5.74, 6) is -0.178. The molecule has 192 valence electrons. The molecule has 1 aromatic heterocycles. The standard InChI is InChI=1S/C27H28ClN5O4/c1-37-23-7-3-6-21-19(23)13-22(32-21)27(36)33-11-9-17-18(4-2-5-20(17)28)24(33)26(35)31-16(14-29)12-15-8-10-30-25(15)34/h2-7,13,15-16,24,27,32,36H,8-12H2,1H3,(H,30,34)(H,31,35)/t15-,16-,24-,27?/m0/s1. The zero-order chi connectivity index (χ0) is 26.1. The maximum Gasteiger partial charge on any atom is 0.243 e. The van der Waals surface area contributed by atoms with Gasteiger partial charge in [-0.05, 0) is 54.7 Å². The Hall–Kier alpha value is -3.58. The number of halogens is 1. The van der Waals surface area contributed by atoms with Gasteiger partial charge in [0.15, 0.2) is 0 Å². The van der Waals surface area contributed by atoms with Crippen LogP contribution in [0.15, 0.2) is 42.5 Å². The monoisotopic (exact) mass is 521 g/mol. The fraction of sp³-hybridized carbons (Fsp3) is 0.370. The molecule has 1 saturated heterocycles. The quantitative estimate of drug-likeness (QED) is 0.378. The molecule has 5 rings (SSSR count). The van der Waals surface area contributed by atoms with Crippen LogP contribution in [-0.4, -0.2) is 53.0 Å². The average molecular weight is 522 g/mol.